The topological polar surface area (TPSA) is 73.8 Å². The Morgan fingerprint density at radius 2 is 2.00 bits per heavy atom. The summed E-state index contributed by atoms with van der Waals surface area (Å²) in [5.74, 6) is 1.47. The summed E-state index contributed by atoms with van der Waals surface area (Å²) in [4.78, 5) is 22.1. The van der Waals surface area contributed by atoms with E-state index in [2.05, 4.69) is 24.0 Å². The van der Waals surface area contributed by atoms with Gasteiger partial charge in [-0.15, -0.1) is 0 Å². The zero-order valence-corrected chi connectivity index (χ0v) is 15.8. The third kappa shape index (κ3) is 2.81. The van der Waals surface area contributed by atoms with Crippen molar-refractivity contribution in [1.29, 1.82) is 0 Å². The van der Waals surface area contributed by atoms with E-state index in [9.17, 15) is 4.79 Å². The molecule has 0 saturated carbocycles. The summed E-state index contributed by atoms with van der Waals surface area (Å²) in [6, 6.07) is 13.1. The summed E-state index contributed by atoms with van der Waals surface area (Å²) < 4.78 is 7.29. The van der Waals surface area contributed by atoms with E-state index in [0.29, 0.717) is 28.9 Å². The molecule has 0 aliphatic carbocycles. The minimum atomic E-state index is 0.0358. The maximum absolute atomic E-state index is 13.0. The Balaban J connectivity index is 1.58. The Hall–Kier alpha value is -3.28. The van der Waals surface area contributed by atoms with Gasteiger partial charge in [0.25, 0.3) is 5.56 Å². The molecule has 0 bridgehead atoms. The number of rotatable bonds is 2. The van der Waals surface area contributed by atoms with Crippen LogP contribution in [0.1, 0.15) is 26.1 Å². The van der Waals surface area contributed by atoms with Crippen molar-refractivity contribution in [2.24, 2.45) is 5.41 Å². The molecule has 0 unspecified atom stereocenters. The smallest absolute Gasteiger partial charge is 0.261 e. The maximum Gasteiger partial charge on any atom is 0.261 e. The first-order valence-corrected chi connectivity index (χ1v) is 9.42. The molecule has 28 heavy (non-hydrogen) atoms. The zero-order valence-electron chi connectivity index (χ0n) is 15.8. The van der Waals surface area contributed by atoms with Crippen molar-refractivity contribution >= 4 is 10.9 Å². The molecule has 0 spiro atoms. The highest BCUT2D eigenvalue weighted by atomic mass is 16.5. The Bertz CT molecular complexity index is 1240. The van der Waals surface area contributed by atoms with Gasteiger partial charge in [-0.05, 0) is 36.1 Å². The Morgan fingerprint density at radius 1 is 1.11 bits per heavy atom. The van der Waals surface area contributed by atoms with Crippen LogP contribution >= 0.6 is 0 Å². The monoisotopic (exact) mass is 372 g/mol. The number of aryl methyl sites for hydroxylation is 1. The highest BCUT2D eigenvalue weighted by Gasteiger charge is 2.27. The van der Waals surface area contributed by atoms with Crippen LogP contribution in [0.3, 0.4) is 0 Å². The largest absolute Gasteiger partial charge is 0.354 e. The molecule has 0 saturated heterocycles. The molecule has 5 rings (SSSR count). The average molecular weight is 372 g/mol. The van der Waals surface area contributed by atoms with Gasteiger partial charge in [0.1, 0.15) is 17.2 Å². The van der Waals surface area contributed by atoms with Gasteiger partial charge in [0.15, 0.2) is 5.76 Å². The SMILES string of the molecule is CC1(C)CCc2nc3cc(-c4cc(-c5ccccn5)on4)ccc3c(=O)n2C1. The van der Waals surface area contributed by atoms with Crippen molar-refractivity contribution in [1.82, 2.24) is 19.7 Å². The van der Waals surface area contributed by atoms with E-state index in [0.717, 1.165) is 29.9 Å². The van der Waals surface area contributed by atoms with Crippen molar-refractivity contribution < 1.29 is 4.52 Å². The lowest BCUT2D eigenvalue weighted by atomic mass is 9.85. The molecule has 1 aliphatic heterocycles. The summed E-state index contributed by atoms with van der Waals surface area (Å²) in [5, 5.41) is 4.81. The molecule has 4 heterocycles. The standard InChI is InChI=1S/C22H20N4O2/c1-22(2)9-8-20-24-18-11-14(6-7-15(18)21(27)26(20)13-22)17-12-19(28-25-17)16-5-3-4-10-23-16/h3-7,10-12H,8-9,13H2,1-2H3. The quantitative estimate of drug-likeness (QED) is 0.530. The fraction of sp³-hybridized carbons (Fsp3) is 0.273. The molecule has 4 aromatic rings. The van der Waals surface area contributed by atoms with Gasteiger partial charge in [-0.3, -0.25) is 14.3 Å². The molecule has 1 aliphatic rings. The fourth-order valence-electron chi connectivity index (χ4n) is 3.78. The average Bonchev–Trinajstić information content (AvgIpc) is 3.19. The van der Waals surface area contributed by atoms with Gasteiger partial charge < -0.3 is 4.52 Å². The first-order chi connectivity index (χ1) is 13.5. The molecule has 6 nitrogen and oxygen atoms in total. The molecule has 140 valence electrons. The number of benzene rings is 1. The summed E-state index contributed by atoms with van der Waals surface area (Å²) in [6.45, 7) is 5.10. The van der Waals surface area contributed by atoms with Crippen LogP contribution in [-0.2, 0) is 13.0 Å². The van der Waals surface area contributed by atoms with Gasteiger partial charge in [0, 0.05) is 30.8 Å². The van der Waals surface area contributed by atoms with Crippen LogP contribution in [-0.4, -0.2) is 19.7 Å². The first-order valence-electron chi connectivity index (χ1n) is 9.42. The maximum atomic E-state index is 13.0. The predicted molar refractivity (Wildman–Crippen MR) is 107 cm³/mol. The molecule has 6 heteroatoms. The Labute approximate surface area is 161 Å². The highest BCUT2D eigenvalue weighted by Crippen LogP contribution is 2.30. The summed E-state index contributed by atoms with van der Waals surface area (Å²) in [5.41, 5.74) is 3.16. The third-order valence-corrected chi connectivity index (χ3v) is 5.37. The number of nitrogens with zero attached hydrogens (tertiary/aromatic N) is 4. The van der Waals surface area contributed by atoms with Gasteiger partial charge >= 0.3 is 0 Å². The zero-order chi connectivity index (χ0) is 19.3. The predicted octanol–water partition coefficient (Wildman–Crippen LogP) is 4.09. The molecule has 0 N–H and O–H groups in total. The highest BCUT2D eigenvalue weighted by molar-refractivity contribution is 5.83. The van der Waals surface area contributed by atoms with Gasteiger partial charge in [0.2, 0.25) is 0 Å². The van der Waals surface area contributed by atoms with Crippen molar-refractivity contribution in [2.75, 3.05) is 0 Å². The lowest BCUT2D eigenvalue weighted by molar-refractivity contribution is 0.240. The number of fused-ring (bicyclic) bond motifs is 2. The van der Waals surface area contributed by atoms with Crippen LogP contribution in [0.5, 0.6) is 0 Å². The minimum Gasteiger partial charge on any atom is -0.354 e. The number of hydrogen-bond acceptors (Lipinski definition) is 5. The molecule has 0 radical (unpaired) electrons. The Kier molecular flexibility index (Phi) is 3.69. The van der Waals surface area contributed by atoms with Gasteiger partial charge in [-0.2, -0.15) is 0 Å². The first kappa shape index (κ1) is 16.9. The second-order valence-corrected chi connectivity index (χ2v) is 8.11. The van der Waals surface area contributed by atoms with Crippen molar-refractivity contribution in [2.45, 2.75) is 33.2 Å². The van der Waals surface area contributed by atoms with E-state index >= 15 is 0 Å². The number of aromatic nitrogens is 4. The van der Waals surface area contributed by atoms with E-state index in [1.54, 1.807) is 6.20 Å². The summed E-state index contributed by atoms with van der Waals surface area (Å²) >= 11 is 0. The molecule has 0 amide bonds. The van der Waals surface area contributed by atoms with Crippen LogP contribution in [0.2, 0.25) is 0 Å². The third-order valence-electron chi connectivity index (χ3n) is 5.37. The van der Waals surface area contributed by atoms with Crippen molar-refractivity contribution in [3.63, 3.8) is 0 Å². The molecule has 1 aromatic carbocycles. The van der Waals surface area contributed by atoms with Crippen LogP contribution < -0.4 is 5.56 Å². The lowest BCUT2D eigenvalue weighted by Crippen LogP contribution is -2.36. The minimum absolute atomic E-state index is 0.0358. The van der Waals surface area contributed by atoms with E-state index in [1.807, 2.05) is 47.0 Å². The van der Waals surface area contributed by atoms with Crippen molar-refractivity contribution in [3.8, 4) is 22.7 Å². The van der Waals surface area contributed by atoms with E-state index < -0.39 is 0 Å². The summed E-state index contributed by atoms with van der Waals surface area (Å²) in [7, 11) is 0. The van der Waals surface area contributed by atoms with Crippen LogP contribution in [0.25, 0.3) is 33.6 Å². The van der Waals surface area contributed by atoms with Gasteiger partial charge in [-0.1, -0.05) is 31.1 Å². The number of hydrogen-bond donors (Lipinski definition) is 0. The Morgan fingerprint density at radius 3 is 2.82 bits per heavy atom. The van der Waals surface area contributed by atoms with E-state index in [4.69, 9.17) is 9.51 Å². The number of pyridine rings is 1. The summed E-state index contributed by atoms with van der Waals surface area (Å²) in [6.07, 6.45) is 3.56. The van der Waals surface area contributed by atoms with Crippen LogP contribution in [0.15, 0.2) is 58.0 Å². The molecule has 3 aromatic heterocycles. The van der Waals surface area contributed by atoms with Crippen LogP contribution in [0, 0.1) is 5.41 Å². The lowest BCUT2D eigenvalue weighted by Gasteiger charge is -2.31. The van der Waals surface area contributed by atoms with E-state index in [-0.39, 0.29) is 11.0 Å². The van der Waals surface area contributed by atoms with Crippen LogP contribution in [0.4, 0.5) is 0 Å². The second-order valence-electron chi connectivity index (χ2n) is 8.11. The van der Waals surface area contributed by atoms with Gasteiger partial charge in [0.05, 0.1) is 10.9 Å². The van der Waals surface area contributed by atoms with E-state index in [1.165, 1.54) is 0 Å². The molecular formula is C22H20N4O2. The van der Waals surface area contributed by atoms with Crippen molar-refractivity contribution in [3.05, 3.63) is 64.8 Å². The van der Waals surface area contributed by atoms with Gasteiger partial charge in [-0.25, -0.2) is 4.98 Å². The fourth-order valence-corrected chi connectivity index (χ4v) is 3.78. The molecule has 0 fully saturated rings. The normalized spacial score (nSPS) is 15.5. The molecular weight excluding hydrogens is 352 g/mol. The second kappa shape index (κ2) is 6.12. The molecule has 0 atom stereocenters.